The van der Waals surface area contributed by atoms with E-state index in [2.05, 4.69) is 24.1 Å². The van der Waals surface area contributed by atoms with Crippen LogP contribution >= 0.6 is 11.3 Å². The maximum absolute atomic E-state index is 12.4. The molecule has 1 aromatic heterocycles. The molecule has 1 atom stereocenters. The molecule has 6 heteroatoms. The minimum Gasteiger partial charge on any atom is -0.382 e. The summed E-state index contributed by atoms with van der Waals surface area (Å²) in [6.45, 7) is 10.3. The molecule has 3 N–H and O–H groups in total. The van der Waals surface area contributed by atoms with Crippen LogP contribution in [0.4, 0.5) is 10.9 Å². The Labute approximate surface area is 119 Å². The van der Waals surface area contributed by atoms with E-state index >= 15 is 0 Å². The van der Waals surface area contributed by atoms with Gasteiger partial charge in [0.2, 0.25) is 0 Å². The molecule has 0 aromatic carbocycles. The molecule has 0 fully saturated rings. The Hall–Kier alpha value is -1.30. The number of hydrogen-bond acceptors (Lipinski definition) is 5. The molecule has 1 unspecified atom stereocenters. The van der Waals surface area contributed by atoms with Crippen molar-refractivity contribution in [3.8, 4) is 0 Å². The second-order valence-corrected chi connectivity index (χ2v) is 6.43. The normalized spacial score (nSPS) is 12.8. The number of amides is 1. The smallest absolute Gasteiger partial charge is 0.267 e. The highest BCUT2D eigenvalue weighted by molar-refractivity contribution is 7.18. The first-order valence-electron chi connectivity index (χ1n) is 6.54. The lowest BCUT2D eigenvalue weighted by Crippen LogP contribution is -2.38. The van der Waals surface area contributed by atoms with Gasteiger partial charge in [0.25, 0.3) is 5.91 Å². The number of hydrogen-bond donors (Lipinski definition) is 2. The van der Waals surface area contributed by atoms with Crippen molar-refractivity contribution in [3.63, 3.8) is 0 Å². The number of nitrogens with two attached hydrogens (primary N) is 1. The van der Waals surface area contributed by atoms with Crippen LogP contribution in [0.3, 0.4) is 0 Å². The fourth-order valence-electron chi connectivity index (χ4n) is 1.59. The molecule has 0 aliphatic rings. The summed E-state index contributed by atoms with van der Waals surface area (Å²) in [4.78, 5) is 18.8. The molecule has 5 nitrogen and oxygen atoms in total. The predicted octanol–water partition coefficient (Wildman–Crippen LogP) is 2.66. The van der Waals surface area contributed by atoms with Gasteiger partial charge >= 0.3 is 0 Å². The number of anilines is 2. The van der Waals surface area contributed by atoms with Crippen molar-refractivity contribution >= 4 is 28.2 Å². The maximum atomic E-state index is 12.4. The zero-order valence-electron chi connectivity index (χ0n) is 12.5. The van der Waals surface area contributed by atoms with Crippen LogP contribution in [0.15, 0.2) is 0 Å². The average Bonchev–Trinajstić information content (AvgIpc) is 2.66. The third-order valence-corrected chi connectivity index (χ3v) is 4.15. The fraction of sp³-hybridized carbons (Fsp3) is 0.692. The van der Waals surface area contributed by atoms with E-state index in [1.165, 1.54) is 11.3 Å². The lowest BCUT2D eigenvalue weighted by molar-refractivity contribution is 0.0713. The van der Waals surface area contributed by atoms with Crippen molar-refractivity contribution in [2.24, 2.45) is 5.92 Å². The monoisotopic (exact) mass is 284 g/mol. The van der Waals surface area contributed by atoms with E-state index in [0.717, 1.165) is 0 Å². The Morgan fingerprint density at radius 1 is 1.32 bits per heavy atom. The van der Waals surface area contributed by atoms with Gasteiger partial charge in [0.05, 0.1) is 0 Å². The number of rotatable bonds is 5. The summed E-state index contributed by atoms with van der Waals surface area (Å²) in [7, 11) is 1.81. The van der Waals surface area contributed by atoms with Crippen LogP contribution in [-0.2, 0) is 0 Å². The fourth-order valence-corrected chi connectivity index (χ4v) is 2.60. The maximum Gasteiger partial charge on any atom is 0.267 e. The highest BCUT2D eigenvalue weighted by atomic mass is 32.1. The molecule has 1 aromatic rings. The lowest BCUT2D eigenvalue weighted by Gasteiger charge is -2.27. The average molecular weight is 284 g/mol. The van der Waals surface area contributed by atoms with Gasteiger partial charge in [-0.15, -0.1) is 0 Å². The standard InChI is InChI=1S/C13H24N4OS/c1-7(2)9(5)17(6)12(18)10-11(14)16-13(19-10)15-8(3)4/h7-9H,14H2,1-6H3,(H,15,16). The number of carbonyl (C=O) groups excluding carboxylic acids is 1. The van der Waals surface area contributed by atoms with E-state index in [-0.39, 0.29) is 18.0 Å². The summed E-state index contributed by atoms with van der Waals surface area (Å²) in [5, 5.41) is 3.86. The van der Waals surface area contributed by atoms with Gasteiger partial charge in [-0.1, -0.05) is 25.2 Å². The van der Waals surface area contributed by atoms with Crippen molar-refractivity contribution in [1.29, 1.82) is 0 Å². The van der Waals surface area contributed by atoms with E-state index in [1.807, 2.05) is 27.8 Å². The Kier molecular flexibility index (Phi) is 5.17. The second-order valence-electron chi connectivity index (χ2n) is 5.43. The Bertz CT molecular complexity index is 442. The van der Waals surface area contributed by atoms with Crippen LogP contribution in [-0.4, -0.2) is 34.9 Å². The van der Waals surface area contributed by atoms with Crippen LogP contribution in [0.25, 0.3) is 0 Å². The molecule has 0 saturated heterocycles. The van der Waals surface area contributed by atoms with Gasteiger partial charge in [0.15, 0.2) is 5.13 Å². The minimum absolute atomic E-state index is 0.0620. The molecule has 1 rings (SSSR count). The van der Waals surface area contributed by atoms with Gasteiger partial charge in [-0.3, -0.25) is 4.79 Å². The first-order valence-corrected chi connectivity index (χ1v) is 7.35. The molecule has 0 saturated carbocycles. The van der Waals surface area contributed by atoms with E-state index in [9.17, 15) is 4.79 Å². The van der Waals surface area contributed by atoms with Gasteiger partial charge in [0, 0.05) is 19.1 Å². The van der Waals surface area contributed by atoms with Gasteiger partial charge in [-0.25, -0.2) is 4.98 Å². The Morgan fingerprint density at radius 2 is 1.89 bits per heavy atom. The van der Waals surface area contributed by atoms with Crippen molar-refractivity contribution in [1.82, 2.24) is 9.88 Å². The van der Waals surface area contributed by atoms with Crippen LogP contribution < -0.4 is 11.1 Å². The van der Waals surface area contributed by atoms with Crippen molar-refractivity contribution in [2.75, 3.05) is 18.1 Å². The number of nitrogen functional groups attached to an aromatic ring is 1. The number of thiazole rings is 1. The topological polar surface area (TPSA) is 71.2 Å². The van der Waals surface area contributed by atoms with E-state index < -0.39 is 0 Å². The molecule has 0 aliphatic heterocycles. The summed E-state index contributed by atoms with van der Waals surface area (Å²) in [5.74, 6) is 0.644. The third kappa shape index (κ3) is 3.83. The van der Waals surface area contributed by atoms with Crippen molar-refractivity contribution in [3.05, 3.63) is 4.88 Å². The van der Waals surface area contributed by atoms with Crippen LogP contribution in [0, 0.1) is 5.92 Å². The van der Waals surface area contributed by atoms with Crippen LogP contribution in [0.1, 0.15) is 44.3 Å². The van der Waals surface area contributed by atoms with Gasteiger partial charge < -0.3 is 16.0 Å². The quantitative estimate of drug-likeness (QED) is 0.872. The Balaban J connectivity index is 2.90. The van der Waals surface area contributed by atoms with Crippen molar-refractivity contribution < 1.29 is 4.79 Å². The first kappa shape index (κ1) is 15.8. The molecule has 19 heavy (non-hydrogen) atoms. The molecule has 0 radical (unpaired) electrons. The summed E-state index contributed by atoms with van der Waals surface area (Å²) < 4.78 is 0. The SMILES string of the molecule is CC(C)Nc1nc(N)c(C(=O)N(C)C(C)C(C)C)s1. The van der Waals surface area contributed by atoms with Gasteiger partial charge in [0.1, 0.15) is 10.7 Å². The van der Waals surface area contributed by atoms with Crippen molar-refractivity contribution in [2.45, 2.75) is 46.7 Å². The van der Waals surface area contributed by atoms with Gasteiger partial charge in [-0.2, -0.15) is 0 Å². The molecule has 1 heterocycles. The van der Waals surface area contributed by atoms with E-state index in [4.69, 9.17) is 5.73 Å². The molecule has 0 bridgehead atoms. The molecular weight excluding hydrogens is 260 g/mol. The van der Waals surface area contributed by atoms with Crippen LogP contribution in [0.5, 0.6) is 0 Å². The molecule has 0 spiro atoms. The summed E-state index contributed by atoms with van der Waals surface area (Å²) in [6.07, 6.45) is 0. The molecule has 0 aliphatic carbocycles. The van der Waals surface area contributed by atoms with Gasteiger partial charge in [-0.05, 0) is 26.7 Å². The minimum atomic E-state index is -0.0620. The molecule has 1 amide bonds. The first-order chi connectivity index (χ1) is 8.73. The second kappa shape index (κ2) is 6.23. The third-order valence-electron chi connectivity index (χ3n) is 3.16. The molecule has 108 valence electrons. The van der Waals surface area contributed by atoms with Crippen LogP contribution in [0.2, 0.25) is 0 Å². The highest BCUT2D eigenvalue weighted by Gasteiger charge is 2.24. The lowest BCUT2D eigenvalue weighted by atomic mass is 10.1. The number of carbonyl (C=O) groups is 1. The number of nitrogens with one attached hydrogen (secondary N) is 1. The molecular formula is C13H24N4OS. The zero-order chi connectivity index (χ0) is 14.7. The number of nitrogens with zero attached hydrogens (tertiary/aromatic N) is 2. The van der Waals surface area contributed by atoms with E-state index in [1.54, 1.807) is 4.90 Å². The zero-order valence-corrected chi connectivity index (χ0v) is 13.3. The Morgan fingerprint density at radius 3 is 2.37 bits per heavy atom. The summed E-state index contributed by atoms with van der Waals surface area (Å²) >= 11 is 1.31. The largest absolute Gasteiger partial charge is 0.382 e. The number of aromatic nitrogens is 1. The highest BCUT2D eigenvalue weighted by Crippen LogP contribution is 2.27. The summed E-state index contributed by atoms with van der Waals surface area (Å²) in [5.41, 5.74) is 5.84. The predicted molar refractivity (Wildman–Crippen MR) is 81.7 cm³/mol. The summed E-state index contributed by atoms with van der Waals surface area (Å²) in [6, 6.07) is 0.427. The van der Waals surface area contributed by atoms with E-state index in [0.29, 0.717) is 21.7 Å².